The Bertz CT molecular complexity index is 309. The van der Waals surface area contributed by atoms with E-state index < -0.39 is 0 Å². The van der Waals surface area contributed by atoms with E-state index in [0.29, 0.717) is 6.54 Å². The van der Waals surface area contributed by atoms with Gasteiger partial charge in [0.25, 0.3) is 11.8 Å². The molecule has 0 aliphatic carbocycles. The summed E-state index contributed by atoms with van der Waals surface area (Å²) in [5.74, 6) is -0.434. The van der Waals surface area contributed by atoms with E-state index in [4.69, 9.17) is 4.74 Å². The molecule has 2 heterocycles. The highest BCUT2D eigenvalue weighted by Crippen LogP contribution is 2.11. The number of carbonyl (C=O) groups is 2. The van der Waals surface area contributed by atoms with Crippen molar-refractivity contribution in [1.82, 2.24) is 10.2 Å². The van der Waals surface area contributed by atoms with Crippen LogP contribution in [-0.2, 0) is 14.3 Å². The molecule has 0 aromatic carbocycles. The maximum Gasteiger partial charge on any atom is 0.255 e. The van der Waals surface area contributed by atoms with Gasteiger partial charge in [-0.3, -0.25) is 14.5 Å². The lowest BCUT2D eigenvalue weighted by atomic mass is 10.1. The lowest BCUT2D eigenvalue weighted by molar-refractivity contribution is -0.158. The fourth-order valence-corrected chi connectivity index (χ4v) is 1.92. The van der Waals surface area contributed by atoms with Crippen LogP contribution in [0.1, 0.15) is 12.8 Å². The molecule has 88 valence electrons. The molecule has 0 atom stereocenters. The van der Waals surface area contributed by atoms with Gasteiger partial charge in [-0.1, -0.05) is 11.6 Å². The monoisotopic (exact) mass is 224 g/mol. The summed E-state index contributed by atoms with van der Waals surface area (Å²) in [6.45, 7) is 2.43. The van der Waals surface area contributed by atoms with Crippen LogP contribution in [0.5, 0.6) is 0 Å². The number of ether oxygens (including phenoxy) is 1. The van der Waals surface area contributed by atoms with Crippen LogP contribution in [0.4, 0.5) is 0 Å². The highest BCUT2D eigenvalue weighted by Gasteiger charge is 2.26. The van der Waals surface area contributed by atoms with Crippen LogP contribution in [0.15, 0.2) is 11.6 Å². The predicted molar refractivity (Wildman–Crippen MR) is 57.7 cm³/mol. The van der Waals surface area contributed by atoms with Gasteiger partial charge in [-0.2, -0.15) is 0 Å². The third kappa shape index (κ3) is 2.68. The number of hydrogen-bond donors (Lipinski definition) is 1. The standard InChI is InChI=1S/C11H16N2O3/c14-10-7-16-8-11(15)13(10)6-3-9-1-4-12-5-2-9/h1,12H,2-8H2. The van der Waals surface area contributed by atoms with Crippen molar-refractivity contribution in [3.63, 3.8) is 0 Å². The van der Waals surface area contributed by atoms with Crippen molar-refractivity contribution in [3.05, 3.63) is 11.6 Å². The Balaban J connectivity index is 1.86. The second kappa shape index (κ2) is 5.23. The molecule has 16 heavy (non-hydrogen) atoms. The van der Waals surface area contributed by atoms with Crippen LogP contribution in [0, 0.1) is 0 Å². The van der Waals surface area contributed by atoms with Gasteiger partial charge in [-0.25, -0.2) is 0 Å². The quantitative estimate of drug-likeness (QED) is 0.527. The Morgan fingerprint density at radius 3 is 2.69 bits per heavy atom. The van der Waals surface area contributed by atoms with E-state index in [-0.39, 0.29) is 25.0 Å². The van der Waals surface area contributed by atoms with Gasteiger partial charge in [0, 0.05) is 13.1 Å². The van der Waals surface area contributed by atoms with E-state index in [2.05, 4.69) is 11.4 Å². The molecule has 1 fully saturated rings. The Kier molecular flexibility index (Phi) is 3.69. The van der Waals surface area contributed by atoms with E-state index in [9.17, 15) is 9.59 Å². The largest absolute Gasteiger partial charge is 0.362 e. The summed E-state index contributed by atoms with van der Waals surface area (Å²) in [5.41, 5.74) is 1.32. The number of nitrogens with zero attached hydrogens (tertiary/aromatic N) is 1. The van der Waals surface area contributed by atoms with Gasteiger partial charge >= 0.3 is 0 Å². The van der Waals surface area contributed by atoms with Crippen LogP contribution in [-0.4, -0.2) is 49.6 Å². The molecule has 0 radical (unpaired) electrons. The first kappa shape index (κ1) is 11.3. The minimum absolute atomic E-state index is 0.0341. The van der Waals surface area contributed by atoms with Crippen molar-refractivity contribution in [1.29, 1.82) is 0 Å². The van der Waals surface area contributed by atoms with Crippen LogP contribution in [0.2, 0.25) is 0 Å². The summed E-state index contributed by atoms with van der Waals surface area (Å²) in [7, 11) is 0. The molecule has 0 spiro atoms. The highest BCUT2D eigenvalue weighted by molar-refractivity contribution is 5.98. The number of imide groups is 1. The zero-order chi connectivity index (χ0) is 11.4. The third-order valence-corrected chi connectivity index (χ3v) is 2.87. The van der Waals surface area contributed by atoms with Crippen LogP contribution >= 0.6 is 0 Å². The Labute approximate surface area is 94.4 Å². The van der Waals surface area contributed by atoms with Crippen molar-refractivity contribution in [2.45, 2.75) is 12.8 Å². The van der Waals surface area contributed by atoms with Gasteiger partial charge < -0.3 is 10.1 Å². The van der Waals surface area contributed by atoms with Crippen molar-refractivity contribution >= 4 is 11.8 Å². The lowest BCUT2D eigenvalue weighted by Crippen LogP contribution is -2.46. The highest BCUT2D eigenvalue weighted by atomic mass is 16.5. The predicted octanol–water partition coefficient (Wildman–Crippen LogP) is -0.318. The second-order valence-electron chi connectivity index (χ2n) is 4.00. The fourth-order valence-electron chi connectivity index (χ4n) is 1.92. The average molecular weight is 224 g/mol. The maximum atomic E-state index is 11.4. The third-order valence-electron chi connectivity index (χ3n) is 2.87. The zero-order valence-electron chi connectivity index (χ0n) is 9.20. The Morgan fingerprint density at radius 2 is 2.06 bits per heavy atom. The number of rotatable bonds is 3. The fraction of sp³-hybridized carbons (Fsp3) is 0.636. The Hall–Kier alpha value is -1.20. The van der Waals surface area contributed by atoms with E-state index in [1.54, 1.807) is 0 Å². The van der Waals surface area contributed by atoms with Gasteiger partial charge in [0.1, 0.15) is 13.2 Å². The molecule has 0 bridgehead atoms. The maximum absolute atomic E-state index is 11.4. The summed E-state index contributed by atoms with van der Waals surface area (Å²) in [4.78, 5) is 24.2. The van der Waals surface area contributed by atoms with E-state index in [1.807, 2.05) is 0 Å². The van der Waals surface area contributed by atoms with Crippen molar-refractivity contribution in [2.24, 2.45) is 0 Å². The smallest absolute Gasteiger partial charge is 0.255 e. The molecule has 2 amide bonds. The number of morpholine rings is 1. The number of hydrogen-bond acceptors (Lipinski definition) is 4. The molecule has 0 aromatic heterocycles. The van der Waals surface area contributed by atoms with E-state index in [0.717, 1.165) is 25.9 Å². The van der Waals surface area contributed by atoms with Gasteiger partial charge in [-0.15, -0.1) is 0 Å². The number of amides is 2. The van der Waals surface area contributed by atoms with Crippen molar-refractivity contribution < 1.29 is 14.3 Å². The minimum Gasteiger partial charge on any atom is -0.362 e. The molecule has 5 heteroatoms. The van der Waals surface area contributed by atoms with Gasteiger partial charge in [-0.05, 0) is 19.4 Å². The molecule has 1 saturated heterocycles. The topological polar surface area (TPSA) is 58.6 Å². The lowest BCUT2D eigenvalue weighted by Gasteiger charge is -2.25. The van der Waals surface area contributed by atoms with Gasteiger partial charge in [0.05, 0.1) is 0 Å². The average Bonchev–Trinajstić information content (AvgIpc) is 2.30. The molecule has 5 nitrogen and oxygen atoms in total. The van der Waals surface area contributed by atoms with E-state index >= 15 is 0 Å². The molecule has 2 aliphatic heterocycles. The van der Waals surface area contributed by atoms with Crippen molar-refractivity contribution in [3.8, 4) is 0 Å². The Morgan fingerprint density at radius 1 is 1.31 bits per heavy atom. The summed E-state index contributed by atoms with van der Waals surface area (Å²) in [6.07, 6.45) is 3.94. The van der Waals surface area contributed by atoms with Crippen LogP contribution < -0.4 is 5.32 Å². The molecular formula is C11H16N2O3. The van der Waals surface area contributed by atoms with Gasteiger partial charge in [0.2, 0.25) is 0 Å². The molecule has 2 aliphatic rings. The first-order chi connectivity index (χ1) is 7.77. The SMILES string of the molecule is O=C1COCC(=O)N1CCC1=CCNCC1. The van der Waals surface area contributed by atoms with E-state index in [1.165, 1.54) is 10.5 Å². The number of carbonyl (C=O) groups excluding carboxylic acids is 2. The molecule has 0 aromatic rings. The normalized spacial score (nSPS) is 22.2. The summed E-state index contributed by atoms with van der Waals surface area (Å²) in [6, 6.07) is 0. The van der Waals surface area contributed by atoms with Crippen molar-refractivity contribution in [2.75, 3.05) is 32.8 Å². The summed E-state index contributed by atoms with van der Waals surface area (Å²) in [5, 5.41) is 3.23. The number of nitrogens with one attached hydrogen (secondary N) is 1. The first-order valence-corrected chi connectivity index (χ1v) is 5.57. The molecular weight excluding hydrogens is 208 g/mol. The summed E-state index contributed by atoms with van der Waals surface area (Å²) < 4.78 is 4.85. The minimum atomic E-state index is -0.217. The molecule has 0 unspecified atom stereocenters. The van der Waals surface area contributed by atoms with Crippen LogP contribution in [0.25, 0.3) is 0 Å². The second-order valence-corrected chi connectivity index (χ2v) is 4.00. The summed E-state index contributed by atoms with van der Waals surface area (Å²) >= 11 is 0. The van der Waals surface area contributed by atoms with Gasteiger partial charge in [0.15, 0.2) is 0 Å². The molecule has 2 rings (SSSR count). The van der Waals surface area contributed by atoms with Crippen LogP contribution in [0.3, 0.4) is 0 Å². The molecule has 0 saturated carbocycles. The molecule has 1 N–H and O–H groups in total. The first-order valence-electron chi connectivity index (χ1n) is 5.57. The zero-order valence-corrected chi connectivity index (χ0v) is 9.20.